The van der Waals surface area contributed by atoms with Gasteiger partial charge in [-0.2, -0.15) is 0 Å². The number of hydrogen-bond acceptors (Lipinski definition) is 2. The Morgan fingerprint density at radius 1 is 1.54 bits per heavy atom. The lowest BCUT2D eigenvalue weighted by atomic mass is 10.1. The van der Waals surface area contributed by atoms with Crippen LogP contribution in [0.1, 0.15) is 18.1 Å². The van der Waals surface area contributed by atoms with Gasteiger partial charge >= 0.3 is 0 Å². The number of hydrogen-bond donors (Lipinski definition) is 2. The molecular weight excluding hydrogens is 162 g/mol. The smallest absolute Gasteiger partial charge is 0.0636 e. The fraction of sp³-hybridized carbons (Fsp3) is 0.455. The van der Waals surface area contributed by atoms with Gasteiger partial charge in [0.15, 0.2) is 0 Å². The van der Waals surface area contributed by atoms with Gasteiger partial charge < -0.3 is 10.4 Å². The Balaban J connectivity index is 2.33. The molecule has 13 heavy (non-hydrogen) atoms. The maximum atomic E-state index is 9.04. The first-order valence-corrected chi connectivity index (χ1v) is 4.83. The van der Waals surface area contributed by atoms with E-state index in [2.05, 4.69) is 30.4 Å². The van der Waals surface area contributed by atoms with Crippen molar-refractivity contribution in [1.82, 2.24) is 0 Å². The van der Waals surface area contributed by atoms with Crippen molar-refractivity contribution < 1.29 is 5.11 Å². The maximum Gasteiger partial charge on any atom is 0.0636 e. The maximum absolute atomic E-state index is 9.04. The van der Waals surface area contributed by atoms with Gasteiger partial charge in [-0.1, -0.05) is 25.1 Å². The molecule has 0 saturated carbocycles. The summed E-state index contributed by atoms with van der Waals surface area (Å²) in [6.07, 6.45) is 2.01. The monoisotopic (exact) mass is 177 g/mol. The van der Waals surface area contributed by atoms with Gasteiger partial charge in [-0.15, -0.1) is 0 Å². The minimum absolute atomic E-state index is 0.220. The zero-order chi connectivity index (χ0) is 9.26. The van der Waals surface area contributed by atoms with Crippen molar-refractivity contribution in [3.8, 4) is 0 Å². The lowest BCUT2D eigenvalue weighted by Gasteiger charge is -2.08. The molecule has 2 heteroatoms. The van der Waals surface area contributed by atoms with Crippen LogP contribution in [0.2, 0.25) is 0 Å². The van der Waals surface area contributed by atoms with Crippen molar-refractivity contribution in [2.24, 2.45) is 0 Å². The number of para-hydroxylation sites is 1. The van der Waals surface area contributed by atoms with Gasteiger partial charge in [0.2, 0.25) is 0 Å². The number of anilines is 1. The molecule has 2 nitrogen and oxygen atoms in total. The second-order valence-corrected chi connectivity index (χ2v) is 3.53. The van der Waals surface area contributed by atoms with Gasteiger partial charge in [-0.25, -0.2) is 0 Å². The van der Waals surface area contributed by atoms with Crippen LogP contribution < -0.4 is 5.32 Å². The van der Waals surface area contributed by atoms with E-state index in [9.17, 15) is 0 Å². The van der Waals surface area contributed by atoms with E-state index in [-0.39, 0.29) is 12.6 Å². The van der Waals surface area contributed by atoms with Crippen LogP contribution in [0, 0.1) is 0 Å². The van der Waals surface area contributed by atoms with Crippen LogP contribution in [0.4, 0.5) is 5.69 Å². The lowest BCUT2D eigenvalue weighted by molar-refractivity contribution is 0.277. The van der Waals surface area contributed by atoms with E-state index in [0.29, 0.717) is 0 Å². The van der Waals surface area contributed by atoms with Crippen LogP contribution in [-0.4, -0.2) is 17.8 Å². The molecule has 0 fully saturated rings. The number of aliphatic hydroxyl groups excluding tert-OH is 1. The van der Waals surface area contributed by atoms with Crippen molar-refractivity contribution in [3.05, 3.63) is 29.3 Å². The third-order valence-corrected chi connectivity index (χ3v) is 2.65. The molecule has 0 amide bonds. The summed E-state index contributed by atoms with van der Waals surface area (Å²) in [5.41, 5.74) is 3.95. The molecule has 1 aliphatic heterocycles. The molecule has 0 bridgehead atoms. The minimum Gasteiger partial charge on any atom is -0.394 e. The Morgan fingerprint density at radius 2 is 2.38 bits per heavy atom. The highest BCUT2D eigenvalue weighted by Gasteiger charge is 2.20. The molecule has 70 valence electrons. The summed E-state index contributed by atoms with van der Waals surface area (Å²) in [5, 5.41) is 12.4. The highest BCUT2D eigenvalue weighted by atomic mass is 16.3. The molecule has 1 aromatic carbocycles. The minimum atomic E-state index is 0.220. The van der Waals surface area contributed by atoms with Crippen molar-refractivity contribution in [2.75, 3.05) is 11.9 Å². The van der Waals surface area contributed by atoms with Gasteiger partial charge in [0.25, 0.3) is 0 Å². The number of nitrogens with one attached hydrogen (secondary N) is 1. The summed E-state index contributed by atoms with van der Waals surface area (Å²) in [4.78, 5) is 0. The van der Waals surface area contributed by atoms with Gasteiger partial charge in [-0.3, -0.25) is 0 Å². The molecule has 1 aliphatic rings. The van der Waals surface area contributed by atoms with E-state index in [1.807, 2.05) is 0 Å². The molecular formula is C11H15NO. The highest BCUT2D eigenvalue weighted by molar-refractivity contribution is 5.62. The lowest BCUT2D eigenvalue weighted by Crippen LogP contribution is -2.19. The Hall–Kier alpha value is -1.02. The van der Waals surface area contributed by atoms with E-state index in [4.69, 9.17) is 5.11 Å². The van der Waals surface area contributed by atoms with E-state index in [1.165, 1.54) is 16.8 Å². The largest absolute Gasteiger partial charge is 0.394 e. The van der Waals surface area contributed by atoms with Crippen LogP contribution in [0.3, 0.4) is 0 Å². The second kappa shape index (κ2) is 3.38. The molecule has 1 unspecified atom stereocenters. The number of aliphatic hydroxyl groups is 1. The van der Waals surface area contributed by atoms with Crippen LogP contribution in [-0.2, 0) is 12.8 Å². The Kier molecular flexibility index (Phi) is 2.23. The Bertz CT molecular complexity index is 309. The molecule has 0 radical (unpaired) electrons. The second-order valence-electron chi connectivity index (χ2n) is 3.53. The first kappa shape index (κ1) is 8.57. The summed E-state index contributed by atoms with van der Waals surface area (Å²) in [7, 11) is 0. The van der Waals surface area contributed by atoms with Crippen LogP contribution in [0.5, 0.6) is 0 Å². The molecule has 0 saturated heterocycles. The quantitative estimate of drug-likeness (QED) is 0.718. The van der Waals surface area contributed by atoms with Gasteiger partial charge in [0, 0.05) is 5.69 Å². The van der Waals surface area contributed by atoms with Crippen LogP contribution in [0.25, 0.3) is 0 Å². The number of rotatable bonds is 2. The average molecular weight is 177 g/mol. The van der Waals surface area contributed by atoms with E-state index in [1.54, 1.807) is 0 Å². The molecule has 2 N–H and O–H groups in total. The number of aryl methyl sites for hydroxylation is 1. The third-order valence-electron chi connectivity index (χ3n) is 2.65. The normalized spacial score (nSPS) is 19.7. The van der Waals surface area contributed by atoms with E-state index < -0.39 is 0 Å². The van der Waals surface area contributed by atoms with Crippen molar-refractivity contribution in [1.29, 1.82) is 0 Å². The fourth-order valence-electron chi connectivity index (χ4n) is 1.93. The van der Waals surface area contributed by atoms with Crippen molar-refractivity contribution in [2.45, 2.75) is 25.8 Å². The van der Waals surface area contributed by atoms with Crippen LogP contribution >= 0.6 is 0 Å². The van der Waals surface area contributed by atoms with Crippen molar-refractivity contribution >= 4 is 5.69 Å². The van der Waals surface area contributed by atoms with Gasteiger partial charge in [0.1, 0.15) is 0 Å². The summed E-state index contributed by atoms with van der Waals surface area (Å²) < 4.78 is 0. The highest BCUT2D eigenvalue weighted by Crippen LogP contribution is 2.29. The van der Waals surface area contributed by atoms with Crippen molar-refractivity contribution in [3.63, 3.8) is 0 Å². The third kappa shape index (κ3) is 1.42. The molecule has 1 atom stereocenters. The predicted molar refractivity (Wildman–Crippen MR) is 54.0 cm³/mol. The molecule has 0 aliphatic carbocycles. The average Bonchev–Trinajstić information content (AvgIpc) is 2.59. The van der Waals surface area contributed by atoms with Gasteiger partial charge in [-0.05, 0) is 24.0 Å². The molecule has 0 spiro atoms. The Labute approximate surface area is 78.6 Å². The molecule has 2 rings (SSSR count). The number of fused-ring (bicyclic) bond motifs is 1. The summed E-state index contributed by atoms with van der Waals surface area (Å²) in [6.45, 7) is 2.38. The molecule has 1 heterocycles. The first-order valence-electron chi connectivity index (χ1n) is 4.83. The summed E-state index contributed by atoms with van der Waals surface area (Å²) in [6, 6.07) is 6.60. The first-order chi connectivity index (χ1) is 6.35. The molecule has 1 aromatic rings. The Morgan fingerprint density at radius 3 is 3.08 bits per heavy atom. The van der Waals surface area contributed by atoms with Gasteiger partial charge in [0.05, 0.1) is 12.6 Å². The van der Waals surface area contributed by atoms with E-state index in [0.717, 1.165) is 12.8 Å². The fourth-order valence-corrected chi connectivity index (χ4v) is 1.93. The van der Waals surface area contributed by atoms with E-state index >= 15 is 0 Å². The summed E-state index contributed by atoms with van der Waals surface area (Å²) in [5.74, 6) is 0. The summed E-state index contributed by atoms with van der Waals surface area (Å²) >= 11 is 0. The topological polar surface area (TPSA) is 32.3 Å². The number of benzene rings is 1. The SMILES string of the molecule is CCc1cccc2c1NC(CO)C2. The predicted octanol–water partition coefficient (Wildman–Crippen LogP) is 1.58. The van der Waals surface area contributed by atoms with Crippen LogP contribution in [0.15, 0.2) is 18.2 Å². The standard InChI is InChI=1S/C11H15NO/c1-2-8-4-3-5-9-6-10(7-13)12-11(8)9/h3-5,10,12-13H,2,6-7H2,1H3. The zero-order valence-corrected chi connectivity index (χ0v) is 7.88. The molecule has 0 aromatic heterocycles. The zero-order valence-electron chi connectivity index (χ0n) is 7.88.